The van der Waals surface area contributed by atoms with Gasteiger partial charge in [-0.2, -0.15) is 0 Å². The Morgan fingerprint density at radius 1 is 1.05 bits per heavy atom. The van der Waals surface area contributed by atoms with E-state index in [1.165, 1.54) is 5.69 Å². The number of likely N-dealkylation sites (N-methyl/N-ethyl adjacent to an activating group) is 1. The van der Waals surface area contributed by atoms with Crippen molar-refractivity contribution in [2.24, 2.45) is 4.99 Å². The van der Waals surface area contributed by atoms with Crippen LogP contribution in [0.25, 0.3) is 0 Å². The average molecular weight is 267 g/mol. The summed E-state index contributed by atoms with van der Waals surface area (Å²) < 4.78 is 0. The Morgan fingerprint density at radius 2 is 1.65 bits per heavy atom. The van der Waals surface area contributed by atoms with Gasteiger partial charge in [0.1, 0.15) is 0 Å². The highest BCUT2D eigenvalue weighted by Gasteiger charge is 2.04. The van der Waals surface area contributed by atoms with Gasteiger partial charge in [-0.05, 0) is 31.2 Å². The van der Waals surface area contributed by atoms with Crippen molar-refractivity contribution in [2.75, 3.05) is 23.8 Å². The van der Waals surface area contributed by atoms with Crippen molar-refractivity contribution >= 4 is 17.7 Å². The van der Waals surface area contributed by atoms with E-state index in [4.69, 9.17) is 0 Å². The molecule has 0 fully saturated rings. The molecule has 0 aromatic heterocycles. The molecule has 0 aliphatic heterocycles. The van der Waals surface area contributed by atoms with Crippen LogP contribution in [0.5, 0.6) is 0 Å². The van der Waals surface area contributed by atoms with Crippen molar-refractivity contribution in [3.8, 4) is 0 Å². The molecule has 2 rings (SSSR count). The molecule has 0 heterocycles. The maximum Gasteiger partial charge on any atom is 0.0872 e. The van der Waals surface area contributed by atoms with Crippen LogP contribution in [-0.2, 0) is 0 Å². The molecule has 2 aromatic rings. The molecule has 1 atom stereocenters. The van der Waals surface area contributed by atoms with E-state index in [2.05, 4.69) is 53.4 Å². The molecule has 0 radical (unpaired) electrons. The van der Waals surface area contributed by atoms with Gasteiger partial charge >= 0.3 is 0 Å². The summed E-state index contributed by atoms with van der Waals surface area (Å²) in [5, 5.41) is 3.18. The fourth-order valence-electron chi connectivity index (χ4n) is 2.00. The summed E-state index contributed by atoms with van der Waals surface area (Å²) in [6, 6.07) is 20.6. The minimum Gasteiger partial charge on any atom is -0.372 e. The maximum atomic E-state index is 4.51. The number of benzene rings is 2. The number of anilines is 2. The first-order chi connectivity index (χ1) is 9.75. The molecule has 0 aliphatic rings. The monoisotopic (exact) mass is 267 g/mol. The molecule has 0 bridgehead atoms. The van der Waals surface area contributed by atoms with Crippen LogP contribution in [-0.4, -0.2) is 26.0 Å². The van der Waals surface area contributed by atoms with Crippen molar-refractivity contribution in [1.82, 2.24) is 0 Å². The molecular weight excluding hydrogens is 246 g/mol. The lowest BCUT2D eigenvalue weighted by atomic mass is 10.2. The zero-order chi connectivity index (χ0) is 14.2. The number of hydrogen-bond donors (Lipinski definition) is 1. The van der Waals surface area contributed by atoms with Crippen molar-refractivity contribution < 1.29 is 0 Å². The van der Waals surface area contributed by atoms with Crippen molar-refractivity contribution in [1.29, 1.82) is 0 Å². The standard InChI is InChI=1S/C17H21N3/c1-15(13-20(2)17-11-7-4-8-12-17)18-14-19-16-9-5-3-6-10-16/h3-12,14-15H,13H2,1-2H3,(H,18,19). The van der Waals surface area contributed by atoms with Crippen LogP contribution in [0, 0.1) is 0 Å². The summed E-state index contributed by atoms with van der Waals surface area (Å²) in [5.74, 6) is 0. The first-order valence-electron chi connectivity index (χ1n) is 6.85. The number of para-hydroxylation sites is 2. The molecule has 0 spiro atoms. The van der Waals surface area contributed by atoms with Gasteiger partial charge in [0, 0.05) is 25.0 Å². The summed E-state index contributed by atoms with van der Waals surface area (Å²) in [6.07, 6.45) is 1.78. The van der Waals surface area contributed by atoms with Crippen LogP contribution >= 0.6 is 0 Å². The predicted molar refractivity (Wildman–Crippen MR) is 87.7 cm³/mol. The van der Waals surface area contributed by atoms with Crippen molar-refractivity contribution in [3.63, 3.8) is 0 Å². The van der Waals surface area contributed by atoms with Gasteiger partial charge in [0.25, 0.3) is 0 Å². The number of rotatable bonds is 6. The molecule has 1 unspecified atom stereocenters. The third-order valence-corrected chi connectivity index (χ3v) is 3.07. The van der Waals surface area contributed by atoms with Gasteiger partial charge in [-0.3, -0.25) is 4.99 Å². The van der Waals surface area contributed by atoms with Gasteiger partial charge in [-0.15, -0.1) is 0 Å². The lowest BCUT2D eigenvalue weighted by Gasteiger charge is -2.21. The minimum atomic E-state index is 0.233. The van der Waals surface area contributed by atoms with E-state index >= 15 is 0 Å². The lowest BCUT2D eigenvalue weighted by Crippen LogP contribution is -2.26. The minimum absolute atomic E-state index is 0.233. The molecule has 0 amide bonds. The molecule has 2 aromatic carbocycles. The highest BCUT2D eigenvalue weighted by Crippen LogP contribution is 2.11. The lowest BCUT2D eigenvalue weighted by molar-refractivity contribution is 0.722. The first kappa shape index (κ1) is 14.1. The Balaban J connectivity index is 1.82. The molecule has 3 heteroatoms. The van der Waals surface area contributed by atoms with Crippen molar-refractivity contribution in [3.05, 3.63) is 60.7 Å². The van der Waals surface area contributed by atoms with Gasteiger partial charge in [-0.25, -0.2) is 0 Å². The summed E-state index contributed by atoms with van der Waals surface area (Å²) >= 11 is 0. The van der Waals surface area contributed by atoms with Gasteiger partial charge in [0.2, 0.25) is 0 Å². The molecule has 3 nitrogen and oxygen atoms in total. The highest BCUT2D eigenvalue weighted by molar-refractivity contribution is 5.75. The molecule has 1 N–H and O–H groups in total. The summed E-state index contributed by atoms with van der Waals surface area (Å²) in [7, 11) is 2.09. The van der Waals surface area contributed by atoms with E-state index in [0.717, 1.165) is 12.2 Å². The van der Waals surface area contributed by atoms with E-state index in [9.17, 15) is 0 Å². The van der Waals surface area contributed by atoms with Gasteiger partial charge in [-0.1, -0.05) is 36.4 Å². The number of nitrogens with zero attached hydrogens (tertiary/aromatic N) is 2. The molecule has 104 valence electrons. The Kier molecular flexibility index (Phi) is 5.18. The van der Waals surface area contributed by atoms with E-state index in [1.54, 1.807) is 6.34 Å². The Bertz CT molecular complexity index is 522. The SMILES string of the molecule is CC(CN(C)c1ccccc1)/N=C/Nc1ccccc1. The molecule has 20 heavy (non-hydrogen) atoms. The average Bonchev–Trinajstić information content (AvgIpc) is 2.49. The fourth-order valence-corrected chi connectivity index (χ4v) is 2.00. The molecule has 0 aliphatic carbocycles. The Labute approximate surface area is 121 Å². The van der Waals surface area contributed by atoms with E-state index in [0.29, 0.717) is 0 Å². The number of hydrogen-bond acceptors (Lipinski definition) is 2. The Hall–Kier alpha value is -2.29. The van der Waals surface area contributed by atoms with Crippen LogP contribution in [0.15, 0.2) is 65.7 Å². The largest absolute Gasteiger partial charge is 0.372 e. The second kappa shape index (κ2) is 7.34. The second-order valence-corrected chi connectivity index (χ2v) is 4.85. The van der Waals surface area contributed by atoms with Crippen LogP contribution in [0.3, 0.4) is 0 Å². The topological polar surface area (TPSA) is 27.6 Å². The quantitative estimate of drug-likeness (QED) is 0.639. The first-order valence-corrected chi connectivity index (χ1v) is 6.85. The summed E-state index contributed by atoms with van der Waals surface area (Å²) in [6.45, 7) is 3.00. The smallest absolute Gasteiger partial charge is 0.0872 e. The van der Waals surface area contributed by atoms with Crippen LogP contribution in [0.4, 0.5) is 11.4 Å². The zero-order valence-corrected chi connectivity index (χ0v) is 12.0. The van der Waals surface area contributed by atoms with E-state index in [1.807, 2.05) is 36.4 Å². The van der Waals surface area contributed by atoms with Crippen molar-refractivity contribution in [2.45, 2.75) is 13.0 Å². The molecule has 0 saturated heterocycles. The summed E-state index contributed by atoms with van der Waals surface area (Å²) in [4.78, 5) is 6.72. The van der Waals surface area contributed by atoms with Crippen LogP contribution in [0.1, 0.15) is 6.92 Å². The summed E-state index contributed by atoms with van der Waals surface area (Å²) in [5.41, 5.74) is 2.27. The van der Waals surface area contributed by atoms with Gasteiger partial charge in [0.15, 0.2) is 0 Å². The third kappa shape index (κ3) is 4.43. The fraction of sp³-hybridized carbons (Fsp3) is 0.235. The zero-order valence-electron chi connectivity index (χ0n) is 12.0. The van der Waals surface area contributed by atoms with Crippen LogP contribution in [0.2, 0.25) is 0 Å². The van der Waals surface area contributed by atoms with Crippen LogP contribution < -0.4 is 10.2 Å². The predicted octanol–water partition coefficient (Wildman–Crippen LogP) is 3.65. The van der Waals surface area contributed by atoms with E-state index in [-0.39, 0.29) is 6.04 Å². The highest BCUT2D eigenvalue weighted by atomic mass is 15.1. The third-order valence-electron chi connectivity index (χ3n) is 3.07. The molecular formula is C17H21N3. The Morgan fingerprint density at radius 3 is 2.30 bits per heavy atom. The second-order valence-electron chi connectivity index (χ2n) is 4.85. The molecule has 0 saturated carbocycles. The van der Waals surface area contributed by atoms with Gasteiger partial charge < -0.3 is 10.2 Å². The van der Waals surface area contributed by atoms with Gasteiger partial charge in [0.05, 0.1) is 12.4 Å². The number of aliphatic imine (C=N–C) groups is 1. The van der Waals surface area contributed by atoms with E-state index < -0.39 is 0 Å². The normalized spacial score (nSPS) is 12.3. The number of nitrogens with one attached hydrogen (secondary N) is 1. The maximum absolute atomic E-state index is 4.51.